The molecule has 5 aromatic rings. The Morgan fingerprint density at radius 2 is 1.67 bits per heavy atom. The minimum Gasteiger partial charge on any atom is -0.457 e. The van der Waals surface area contributed by atoms with E-state index in [4.69, 9.17) is 4.74 Å². The molecule has 0 saturated carbocycles. The van der Waals surface area contributed by atoms with Crippen molar-refractivity contribution in [3.63, 3.8) is 0 Å². The summed E-state index contributed by atoms with van der Waals surface area (Å²) in [5, 5.41) is 10.5. The second-order valence-corrected chi connectivity index (χ2v) is 6.65. The van der Waals surface area contributed by atoms with Crippen LogP contribution in [0.3, 0.4) is 0 Å². The topological polar surface area (TPSA) is 78.6 Å². The van der Waals surface area contributed by atoms with Crippen molar-refractivity contribution in [2.75, 3.05) is 5.32 Å². The average molecular weight is 409 g/mol. The highest BCUT2D eigenvalue weighted by atomic mass is 19.4. The summed E-state index contributed by atoms with van der Waals surface area (Å²) in [7, 11) is 0. The van der Waals surface area contributed by atoms with Gasteiger partial charge in [0.15, 0.2) is 0 Å². The van der Waals surface area contributed by atoms with Crippen molar-refractivity contribution in [3.05, 3.63) is 72.4 Å². The number of benzene rings is 3. The number of aromatic nitrogens is 4. The van der Waals surface area contributed by atoms with Crippen LogP contribution >= 0.6 is 0 Å². The van der Waals surface area contributed by atoms with Gasteiger partial charge in [0.05, 0.1) is 34.0 Å². The highest BCUT2D eigenvalue weighted by Gasteiger charge is 2.33. The number of fused-ring (bicyclic) bond motifs is 2. The van der Waals surface area contributed by atoms with E-state index in [0.717, 1.165) is 17.0 Å². The summed E-state index contributed by atoms with van der Waals surface area (Å²) in [4.78, 5) is 7.30. The number of nitrogens with one attached hydrogen (secondary N) is 3. The Hall–Kier alpha value is -4.01. The van der Waals surface area contributed by atoms with Gasteiger partial charge in [-0.2, -0.15) is 18.3 Å². The zero-order valence-electron chi connectivity index (χ0n) is 15.3. The van der Waals surface area contributed by atoms with E-state index < -0.39 is 11.7 Å². The zero-order valence-corrected chi connectivity index (χ0v) is 15.3. The molecule has 0 aliphatic heterocycles. The number of nitrogens with zero attached hydrogens (tertiary/aromatic N) is 2. The molecule has 0 bridgehead atoms. The van der Waals surface area contributed by atoms with Crippen LogP contribution in [0.15, 0.2) is 66.9 Å². The maximum absolute atomic E-state index is 13.2. The van der Waals surface area contributed by atoms with Crippen LogP contribution in [0.2, 0.25) is 0 Å². The Kier molecular flexibility index (Phi) is 4.09. The molecule has 0 fully saturated rings. The summed E-state index contributed by atoms with van der Waals surface area (Å²) in [5.74, 6) is 1.40. The van der Waals surface area contributed by atoms with Crippen LogP contribution in [-0.4, -0.2) is 20.2 Å². The molecule has 2 aromatic heterocycles. The lowest BCUT2D eigenvalue weighted by Gasteiger charge is -2.12. The molecule has 5 rings (SSSR count). The second-order valence-electron chi connectivity index (χ2n) is 6.65. The lowest BCUT2D eigenvalue weighted by Crippen LogP contribution is -2.08. The van der Waals surface area contributed by atoms with Crippen molar-refractivity contribution in [2.24, 2.45) is 0 Å². The van der Waals surface area contributed by atoms with Crippen LogP contribution in [-0.2, 0) is 6.18 Å². The van der Waals surface area contributed by atoms with Gasteiger partial charge in [0.2, 0.25) is 5.95 Å². The van der Waals surface area contributed by atoms with Gasteiger partial charge in [0.25, 0.3) is 0 Å². The fourth-order valence-electron chi connectivity index (χ4n) is 3.19. The largest absolute Gasteiger partial charge is 0.457 e. The van der Waals surface area contributed by atoms with E-state index in [1.165, 1.54) is 18.2 Å². The first kappa shape index (κ1) is 18.0. The van der Waals surface area contributed by atoms with Gasteiger partial charge in [-0.3, -0.25) is 5.10 Å². The van der Waals surface area contributed by atoms with Crippen LogP contribution in [0.4, 0.5) is 24.8 Å². The molecule has 2 heterocycles. The lowest BCUT2D eigenvalue weighted by molar-refractivity contribution is -0.136. The van der Waals surface area contributed by atoms with Crippen molar-refractivity contribution in [2.45, 2.75) is 6.18 Å². The summed E-state index contributed by atoms with van der Waals surface area (Å²) in [6.07, 6.45) is -2.74. The predicted molar refractivity (Wildman–Crippen MR) is 107 cm³/mol. The molecular weight excluding hydrogens is 395 g/mol. The molecule has 0 aliphatic carbocycles. The van der Waals surface area contributed by atoms with Crippen LogP contribution in [0.1, 0.15) is 5.56 Å². The quantitative estimate of drug-likeness (QED) is 0.340. The number of rotatable bonds is 4. The fourth-order valence-corrected chi connectivity index (χ4v) is 3.19. The average Bonchev–Trinajstić information content (AvgIpc) is 3.33. The summed E-state index contributed by atoms with van der Waals surface area (Å²) < 4.78 is 45.5. The number of hydrogen-bond acceptors (Lipinski definition) is 4. The highest BCUT2D eigenvalue weighted by Crippen LogP contribution is 2.36. The molecule has 0 amide bonds. The second kappa shape index (κ2) is 6.80. The highest BCUT2D eigenvalue weighted by molar-refractivity contribution is 5.81. The van der Waals surface area contributed by atoms with Crippen molar-refractivity contribution in [1.29, 1.82) is 0 Å². The molecule has 150 valence electrons. The molecular formula is C21H14F3N5O. The number of aromatic amines is 2. The molecule has 6 nitrogen and oxygen atoms in total. The third-order valence-corrected chi connectivity index (χ3v) is 4.59. The molecule has 9 heteroatoms. The summed E-state index contributed by atoms with van der Waals surface area (Å²) in [5.41, 5.74) is 1.24. The third-order valence-electron chi connectivity index (χ3n) is 4.59. The summed E-state index contributed by atoms with van der Waals surface area (Å²) >= 11 is 0. The Balaban J connectivity index is 1.42. The third kappa shape index (κ3) is 3.41. The first-order chi connectivity index (χ1) is 14.5. The van der Waals surface area contributed by atoms with Gasteiger partial charge in [-0.25, -0.2) is 4.98 Å². The van der Waals surface area contributed by atoms with E-state index in [-0.39, 0.29) is 11.6 Å². The number of H-pyrrole nitrogens is 2. The van der Waals surface area contributed by atoms with Crippen LogP contribution in [0.5, 0.6) is 11.5 Å². The minimum absolute atomic E-state index is 0.0756. The molecule has 3 N–H and O–H groups in total. The van der Waals surface area contributed by atoms with Crippen molar-refractivity contribution < 1.29 is 17.9 Å². The van der Waals surface area contributed by atoms with E-state index in [0.29, 0.717) is 22.5 Å². The maximum atomic E-state index is 13.2. The monoisotopic (exact) mass is 409 g/mol. The van der Waals surface area contributed by atoms with Gasteiger partial charge in [0.1, 0.15) is 11.5 Å². The van der Waals surface area contributed by atoms with Crippen LogP contribution in [0.25, 0.3) is 21.9 Å². The van der Waals surface area contributed by atoms with Gasteiger partial charge in [0, 0.05) is 17.5 Å². The number of para-hydroxylation sites is 1. The molecule has 30 heavy (non-hydrogen) atoms. The number of ether oxygens (including phenoxy) is 1. The van der Waals surface area contributed by atoms with E-state index in [1.54, 1.807) is 24.4 Å². The standard InChI is InChI=1S/C21H14F3N5O/c22-21(23,24)15-3-1-2-4-16(15)26-20-27-17-8-7-14(10-19(17)28-20)30-13-6-5-12-11-25-29-18(12)9-13/h1-11H,(H,25,29)(H2,26,27,28). The Morgan fingerprint density at radius 1 is 0.900 bits per heavy atom. The van der Waals surface area contributed by atoms with E-state index >= 15 is 0 Å². The van der Waals surface area contributed by atoms with Crippen molar-refractivity contribution >= 4 is 33.6 Å². The van der Waals surface area contributed by atoms with E-state index in [1.807, 2.05) is 18.2 Å². The number of hydrogen-bond donors (Lipinski definition) is 3. The Labute approximate surface area is 167 Å². The lowest BCUT2D eigenvalue weighted by atomic mass is 10.1. The van der Waals surface area contributed by atoms with E-state index in [2.05, 4.69) is 25.5 Å². The zero-order chi connectivity index (χ0) is 20.7. The first-order valence-electron chi connectivity index (χ1n) is 9.00. The number of halogens is 3. The molecule has 0 aliphatic rings. The van der Waals surface area contributed by atoms with Gasteiger partial charge >= 0.3 is 6.18 Å². The summed E-state index contributed by atoms with van der Waals surface area (Å²) in [6.45, 7) is 0. The molecule has 0 atom stereocenters. The molecule has 0 saturated heterocycles. The predicted octanol–water partition coefficient (Wildman–Crippen LogP) is 5.99. The SMILES string of the molecule is FC(F)(F)c1ccccc1Nc1nc2ccc(Oc3ccc4cn[nH]c4c3)cc2[nH]1. The van der Waals surface area contributed by atoms with Gasteiger partial charge < -0.3 is 15.0 Å². The number of alkyl halides is 3. The van der Waals surface area contributed by atoms with Gasteiger partial charge in [-0.05, 0) is 36.4 Å². The Bertz CT molecular complexity index is 1360. The molecule has 3 aromatic carbocycles. The van der Waals surface area contributed by atoms with E-state index in [9.17, 15) is 13.2 Å². The Morgan fingerprint density at radius 3 is 2.50 bits per heavy atom. The smallest absolute Gasteiger partial charge is 0.418 e. The van der Waals surface area contributed by atoms with Crippen molar-refractivity contribution in [1.82, 2.24) is 20.2 Å². The molecule has 0 spiro atoms. The fraction of sp³-hybridized carbons (Fsp3) is 0.0476. The van der Waals surface area contributed by atoms with Gasteiger partial charge in [-0.1, -0.05) is 12.1 Å². The number of anilines is 2. The first-order valence-corrected chi connectivity index (χ1v) is 9.00. The normalized spacial score (nSPS) is 11.8. The summed E-state index contributed by atoms with van der Waals surface area (Å²) in [6, 6.07) is 16.0. The molecule has 0 unspecified atom stereocenters. The minimum atomic E-state index is -4.47. The van der Waals surface area contributed by atoms with Crippen molar-refractivity contribution in [3.8, 4) is 11.5 Å². The molecule has 0 radical (unpaired) electrons. The van der Waals surface area contributed by atoms with Crippen LogP contribution < -0.4 is 10.1 Å². The number of imidazole rings is 1. The van der Waals surface area contributed by atoms with Crippen LogP contribution in [0, 0.1) is 0 Å². The maximum Gasteiger partial charge on any atom is 0.418 e. The van der Waals surface area contributed by atoms with Gasteiger partial charge in [-0.15, -0.1) is 0 Å².